The van der Waals surface area contributed by atoms with E-state index in [-0.39, 0.29) is 6.61 Å². The van der Waals surface area contributed by atoms with Gasteiger partial charge in [-0.15, -0.1) is 0 Å². The maximum Gasteiger partial charge on any atom is 0.414 e. The van der Waals surface area contributed by atoms with Gasteiger partial charge in [-0.1, -0.05) is 30.3 Å². The van der Waals surface area contributed by atoms with E-state index < -0.39 is 12.1 Å². The molecule has 0 aliphatic heterocycles. The summed E-state index contributed by atoms with van der Waals surface area (Å²) in [6.45, 7) is 0.168. The topological polar surface area (TPSA) is 55.8 Å². The highest BCUT2D eigenvalue weighted by molar-refractivity contribution is 14.1. The molecule has 0 heterocycles. The van der Waals surface area contributed by atoms with Crippen LogP contribution in [0.15, 0.2) is 48.5 Å². The first-order chi connectivity index (χ1) is 11.0. The maximum absolute atomic E-state index is 12.2. The van der Waals surface area contributed by atoms with Gasteiger partial charge in [-0.25, -0.2) is 9.59 Å². The molecule has 0 bridgehead atoms. The van der Waals surface area contributed by atoms with E-state index in [9.17, 15) is 9.59 Å². The fraction of sp³-hybridized carbons (Fsp3) is 0.176. The van der Waals surface area contributed by atoms with E-state index in [1.807, 2.05) is 30.3 Å². The summed E-state index contributed by atoms with van der Waals surface area (Å²) >= 11 is 2.11. The first-order valence-corrected chi connectivity index (χ1v) is 7.93. The third kappa shape index (κ3) is 4.44. The minimum atomic E-state index is -0.541. The van der Waals surface area contributed by atoms with Crippen LogP contribution in [0.4, 0.5) is 10.5 Å². The summed E-state index contributed by atoms with van der Waals surface area (Å²) in [5.41, 5.74) is 1.65. The monoisotopic (exact) mass is 425 g/mol. The molecule has 0 aromatic heterocycles. The van der Waals surface area contributed by atoms with Gasteiger partial charge in [0, 0.05) is 10.6 Å². The van der Waals surface area contributed by atoms with Crippen LogP contribution < -0.4 is 4.90 Å². The van der Waals surface area contributed by atoms with Gasteiger partial charge in [-0.05, 0) is 46.4 Å². The second-order valence-corrected chi connectivity index (χ2v) is 6.00. The van der Waals surface area contributed by atoms with Crippen molar-refractivity contribution in [1.82, 2.24) is 0 Å². The molecule has 0 saturated carbocycles. The zero-order chi connectivity index (χ0) is 16.8. The van der Waals surface area contributed by atoms with Crippen molar-refractivity contribution in [3.63, 3.8) is 0 Å². The van der Waals surface area contributed by atoms with E-state index in [1.165, 1.54) is 12.0 Å². The average molecular weight is 425 g/mol. The number of carbonyl (C=O) groups is 2. The van der Waals surface area contributed by atoms with Gasteiger partial charge in [0.05, 0.1) is 18.4 Å². The van der Waals surface area contributed by atoms with Crippen LogP contribution in [0.25, 0.3) is 0 Å². The second-order valence-electron chi connectivity index (χ2n) is 4.75. The fourth-order valence-corrected chi connectivity index (χ4v) is 2.45. The summed E-state index contributed by atoms with van der Waals surface area (Å²) in [5.74, 6) is -0.501. The van der Waals surface area contributed by atoms with Crippen molar-refractivity contribution in [1.29, 1.82) is 0 Å². The Morgan fingerprint density at radius 1 is 1.13 bits per heavy atom. The molecule has 23 heavy (non-hydrogen) atoms. The van der Waals surface area contributed by atoms with Gasteiger partial charge in [-0.3, -0.25) is 4.90 Å². The van der Waals surface area contributed by atoms with Gasteiger partial charge in [0.1, 0.15) is 6.61 Å². The number of anilines is 1. The second kappa shape index (κ2) is 7.96. The molecule has 0 spiro atoms. The number of nitrogens with zero attached hydrogens (tertiary/aromatic N) is 1. The Labute approximate surface area is 148 Å². The highest BCUT2D eigenvalue weighted by Gasteiger charge is 2.20. The van der Waals surface area contributed by atoms with E-state index in [4.69, 9.17) is 9.47 Å². The molecule has 2 aromatic carbocycles. The van der Waals surface area contributed by atoms with Crippen molar-refractivity contribution >= 4 is 40.3 Å². The van der Waals surface area contributed by atoms with Crippen LogP contribution in [-0.4, -0.2) is 26.2 Å². The summed E-state index contributed by atoms with van der Waals surface area (Å²) in [6.07, 6.45) is -0.541. The van der Waals surface area contributed by atoms with Gasteiger partial charge < -0.3 is 9.47 Å². The van der Waals surface area contributed by atoms with Gasteiger partial charge in [0.15, 0.2) is 0 Å². The normalized spacial score (nSPS) is 10.0. The summed E-state index contributed by atoms with van der Waals surface area (Å²) in [5, 5.41) is 0. The number of ether oxygens (including phenoxy) is 2. The lowest BCUT2D eigenvalue weighted by atomic mass is 10.1. The minimum absolute atomic E-state index is 0.168. The summed E-state index contributed by atoms with van der Waals surface area (Å²) in [4.78, 5) is 25.4. The number of hydrogen-bond donors (Lipinski definition) is 0. The number of halogens is 1. The third-order valence-electron chi connectivity index (χ3n) is 3.21. The van der Waals surface area contributed by atoms with E-state index in [0.717, 1.165) is 9.13 Å². The van der Waals surface area contributed by atoms with Crippen LogP contribution in [0.2, 0.25) is 0 Å². The Morgan fingerprint density at radius 2 is 1.83 bits per heavy atom. The van der Waals surface area contributed by atoms with Crippen LogP contribution in [0, 0.1) is 3.57 Å². The van der Waals surface area contributed by atoms with E-state index in [2.05, 4.69) is 22.6 Å². The summed E-state index contributed by atoms with van der Waals surface area (Å²) < 4.78 is 10.9. The smallest absolute Gasteiger partial charge is 0.414 e. The molecule has 5 nitrogen and oxygen atoms in total. The zero-order valence-corrected chi connectivity index (χ0v) is 14.9. The molecule has 0 saturated heterocycles. The molecule has 0 fully saturated rings. The fourth-order valence-electron chi connectivity index (χ4n) is 1.98. The SMILES string of the molecule is COC(=O)c1ccc(I)cc1N(C)C(=O)OCc1ccccc1. The molecule has 1 amide bonds. The molecule has 0 unspecified atom stereocenters. The molecule has 2 rings (SSSR count). The Hall–Kier alpha value is -2.09. The van der Waals surface area contributed by atoms with Crippen LogP contribution in [-0.2, 0) is 16.1 Å². The number of rotatable bonds is 4. The molecule has 6 heteroatoms. The van der Waals surface area contributed by atoms with E-state index in [1.54, 1.807) is 25.2 Å². The Morgan fingerprint density at radius 3 is 2.48 bits per heavy atom. The predicted molar refractivity (Wildman–Crippen MR) is 95.5 cm³/mol. The van der Waals surface area contributed by atoms with Crippen molar-refractivity contribution in [2.24, 2.45) is 0 Å². The molecule has 120 valence electrons. The van der Waals surface area contributed by atoms with Gasteiger partial charge in [0.2, 0.25) is 0 Å². The summed E-state index contributed by atoms with van der Waals surface area (Å²) in [6, 6.07) is 14.5. The quantitative estimate of drug-likeness (QED) is 0.552. The number of benzene rings is 2. The largest absolute Gasteiger partial charge is 0.465 e. The van der Waals surface area contributed by atoms with Gasteiger partial charge in [-0.2, -0.15) is 0 Å². The first kappa shape index (κ1) is 17.3. The van der Waals surface area contributed by atoms with E-state index in [0.29, 0.717) is 11.3 Å². The molecule has 0 aliphatic carbocycles. The van der Waals surface area contributed by atoms with Crippen molar-refractivity contribution in [2.45, 2.75) is 6.61 Å². The van der Waals surface area contributed by atoms with Gasteiger partial charge >= 0.3 is 12.1 Å². The average Bonchev–Trinajstić information content (AvgIpc) is 2.59. The molecular formula is C17H16INO4. The molecule has 2 aromatic rings. The third-order valence-corrected chi connectivity index (χ3v) is 3.88. The number of carbonyl (C=O) groups excluding carboxylic acids is 2. The maximum atomic E-state index is 12.2. The molecule has 0 atom stereocenters. The molecule has 0 N–H and O–H groups in total. The standard InChI is InChI=1S/C17H16INO4/c1-19(17(21)23-11-12-6-4-3-5-7-12)15-10-13(18)8-9-14(15)16(20)22-2/h3-10H,11H2,1-2H3. The lowest BCUT2D eigenvalue weighted by molar-refractivity contribution is 0.0601. The van der Waals surface area contributed by atoms with E-state index >= 15 is 0 Å². The molecular weight excluding hydrogens is 409 g/mol. The lowest BCUT2D eigenvalue weighted by Crippen LogP contribution is -2.28. The Kier molecular flexibility index (Phi) is 5.97. The Bertz CT molecular complexity index is 703. The van der Waals surface area contributed by atoms with Crippen molar-refractivity contribution < 1.29 is 19.1 Å². The minimum Gasteiger partial charge on any atom is -0.465 e. The molecule has 0 radical (unpaired) electrons. The lowest BCUT2D eigenvalue weighted by Gasteiger charge is -2.20. The number of esters is 1. The summed E-state index contributed by atoms with van der Waals surface area (Å²) in [7, 11) is 2.86. The number of methoxy groups -OCH3 is 1. The zero-order valence-electron chi connectivity index (χ0n) is 12.8. The Balaban J connectivity index is 2.15. The van der Waals surface area contributed by atoms with Gasteiger partial charge in [0.25, 0.3) is 0 Å². The van der Waals surface area contributed by atoms with Crippen LogP contribution in [0.3, 0.4) is 0 Å². The predicted octanol–water partition coefficient (Wildman–Crippen LogP) is 3.85. The van der Waals surface area contributed by atoms with Crippen LogP contribution in [0.5, 0.6) is 0 Å². The highest BCUT2D eigenvalue weighted by atomic mass is 127. The van der Waals surface area contributed by atoms with Crippen molar-refractivity contribution in [2.75, 3.05) is 19.1 Å². The first-order valence-electron chi connectivity index (χ1n) is 6.85. The number of hydrogen-bond acceptors (Lipinski definition) is 4. The van der Waals surface area contributed by atoms with Crippen molar-refractivity contribution in [3.05, 3.63) is 63.2 Å². The number of amides is 1. The highest BCUT2D eigenvalue weighted by Crippen LogP contribution is 2.24. The van der Waals surface area contributed by atoms with Crippen molar-refractivity contribution in [3.8, 4) is 0 Å². The van der Waals surface area contributed by atoms with Crippen LogP contribution >= 0.6 is 22.6 Å². The van der Waals surface area contributed by atoms with Crippen LogP contribution in [0.1, 0.15) is 15.9 Å². The molecule has 0 aliphatic rings.